The molecule has 0 saturated carbocycles. The van der Waals surface area contributed by atoms with Crippen molar-refractivity contribution in [3.05, 3.63) is 68.1 Å². The molecule has 1 aromatic heterocycles. The quantitative estimate of drug-likeness (QED) is 0.840. The summed E-state index contributed by atoms with van der Waals surface area (Å²) in [7, 11) is 0. The molecule has 2 rings (SSSR count). The van der Waals surface area contributed by atoms with Crippen molar-refractivity contribution in [3.8, 4) is 0 Å². The lowest BCUT2D eigenvalue weighted by molar-refractivity contribution is 0.759. The molecule has 0 bridgehead atoms. The molecule has 0 aliphatic rings. The second-order valence-electron chi connectivity index (χ2n) is 4.06. The molecular weight excluding hydrogens is 269 g/mol. The van der Waals surface area contributed by atoms with Gasteiger partial charge in [0.05, 0.1) is 6.54 Å². The lowest BCUT2D eigenvalue weighted by atomic mass is 10.1. The van der Waals surface area contributed by atoms with Crippen LogP contribution in [0.2, 0.25) is 10.0 Å². The Morgan fingerprint density at radius 3 is 2.44 bits per heavy atom. The SMILES string of the molecule is CCc1cc(Cl)c(Cn2ccccc2=O)cc1Cl. The Balaban J connectivity index is 2.39. The predicted octanol–water partition coefficient (Wildman–Crippen LogP) is 3.77. The van der Waals surface area contributed by atoms with Crippen molar-refractivity contribution in [2.24, 2.45) is 0 Å². The van der Waals surface area contributed by atoms with E-state index in [4.69, 9.17) is 23.2 Å². The summed E-state index contributed by atoms with van der Waals surface area (Å²) in [6.07, 6.45) is 2.57. The van der Waals surface area contributed by atoms with Gasteiger partial charge >= 0.3 is 0 Å². The van der Waals surface area contributed by atoms with Crippen molar-refractivity contribution in [2.75, 3.05) is 0 Å². The summed E-state index contributed by atoms with van der Waals surface area (Å²) in [5.41, 5.74) is 1.82. The van der Waals surface area contributed by atoms with Gasteiger partial charge < -0.3 is 4.57 Å². The topological polar surface area (TPSA) is 22.0 Å². The molecule has 0 amide bonds. The first-order valence-electron chi connectivity index (χ1n) is 5.74. The van der Waals surface area contributed by atoms with E-state index in [0.717, 1.165) is 17.5 Å². The third-order valence-electron chi connectivity index (χ3n) is 2.84. The van der Waals surface area contributed by atoms with Crippen molar-refractivity contribution in [1.29, 1.82) is 0 Å². The van der Waals surface area contributed by atoms with Gasteiger partial charge in [-0.1, -0.05) is 36.2 Å². The van der Waals surface area contributed by atoms with Crippen LogP contribution in [0, 0.1) is 0 Å². The lowest BCUT2D eigenvalue weighted by Crippen LogP contribution is -2.18. The number of nitrogens with zero attached hydrogens (tertiary/aromatic N) is 1. The zero-order valence-corrected chi connectivity index (χ0v) is 11.5. The molecule has 18 heavy (non-hydrogen) atoms. The maximum absolute atomic E-state index is 11.6. The van der Waals surface area contributed by atoms with Gasteiger partial charge in [0.1, 0.15) is 0 Å². The number of aromatic nitrogens is 1. The average Bonchev–Trinajstić information content (AvgIpc) is 2.36. The number of pyridine rings is 1. The van der Waals surface area contributed by atoms with E-state index in [9.17, 15) is 4.79 Å². The highest BCUT2D eigenvalue weighted by atomic mass is 35.5. The Morgan fingerprint density at radius 2 is 1.78 bits per heavy atom. The fourth-order valence-corrected chi connectivity index (χ4v) is 2.36. The zero-order chi connectivity index (χ0) is 13.1. The van der Waals surface area contributed by atoms with E-state index in [1.807, 2.05) is 25.1 Å². The first-order valence-corrected chi connectivity index (χ1v) is 6.49. The van der Waals surface area contributed by atoms with Crippen LogP contribution in [0.5, 0.6) is 0 Å². The van der Waals surface area contributed by atoms with E-state index in [1.54, 1.807) is 16.8 Å². The molecule has 2 aromatic rings. The van der Waals surface area contributed by atoms with Crippen LogP contribution in [0.3, 0.4) is 0 Å². The zero-order valence-electron chi connectivity index (χ0n) is 9.99. The van der Waals surface area contributed by atoms with Crippen LogP contribution < -0.4 is 5.56 Å². The average molecular weight is 282 g/mol. The number of halogens is 2. The Hall–Kier alpha value is -1.25. The highest BCUT2D eigenvalue weighted by Gasteiger charge is 2.07. The number of rotatable bonds is 3. The van der Waals surface area contributed by atoms with E-state index in [1.165, 1.54) is 6.07 Å². The number of benzene rings is 1. The van der Waals surface area contributed by atoms with Crippen LogP contribution in [0.4, 0.5) is 0 Å². The van der Waals surface area contributed by atoms with Crippen LogP contribution in [-0.4, -0.2) is 4.57 Å². The normalized spacial score (nSPS) is 10.6. The highest BCUT2D eigenvalue weighted by Crippen LogP contribution is 2.26. The first-order chi connectivity index (χ1) is 8.61. The van der Waals surface area contributed by atoms with Crippen molar-refractivity contribution >= 4 is 23.2 Å². The number of hydrogen-bond acceptors (Lipinski definition) is 1. The number of aryl methyl sites for hydroxylation is 1. The summed E-state index contributed by atoms with van der Waals surface area (Å²) < 4.78 is 1.60. The van der Waals surface area contributed by atoms with Gasteiger partial charge in [-0.05, 0) is 35.7 Å². The van der Waals surface area contributed by atoms with Crippen molar-refractivity contribution < 1.29 is 0 Å². The predicted molar refractivity (Wildman–Crippen MR) is 75.6 cm³/mol. The van der Waals surface area contributed by atoms with E-state index in [-0.39, 0.29) is 5.56 Å². The molecule has 0 unspecified atom stereocenters. The molecule has 4 heteroatoms. The van der Waals surface area contributed by atoms with E-state index in [0.29, 0.717) is 16.6 Å². The van der Waals surface area contributed by atoms with Gasteiger partial charge in [-0.2, -0.15) is 0 Å². The Kier molecular flexibility index (Phi) is 4.10. The Morgan fingerprint density at radius 1 is 1.11 bits per heavy atom. The molecule has 1 heterocycles. The third kappa shape index (κ3) is 2.77. The monoisotopic (exact) mass is 281 g/mol. The van der Waals surface area contributed by atoms with Gasteiger partial charge in [-0.3, -0.25) is 4.79 Å². The van der Waals surface area contributed by atoms with Gasteiger partial charge in [0.25, 0.3) is 5.56 Å². The van der Waals surface area contributed by atoms with Crippen LogP contribution in [0.1, 0.15) is 18.1 Å². The standard InChI is InChI=1S/C14H13Cl2NO/c1-2-10-7-13(16)11(8-12(10)15)9-17-6-4-3-5-14(17)18/h3-8H,2,9H2,1H3. The molecule has 0 fully saturated rings. The summed E-state index contributed by atoms with van der Waals surface area (Å²) in [5, 5.41) is 1.34. The maximum Gasteiger partial charge on any atom is 0.250 e. The number of hydrogen-bond donors (Lipinski definition) is 0. The summed E-state index contributed by atoms with van der Waals surface area (Å²) >= 11 is 12.4. The summed E-state index contributed by atoms with van der Waals surface area (Å²) in [5.74, 6) is 0. The van der Waals surface area contributed by atoms with Crippen LogP contribution in [0.25, 0.3) is 0 Å². The molecule has 0 spiro atoms. The van der Waals surface area contributed by atoms with Gasteiger partial charge in [0, 0.05) is 22.3 Å². The molecule has 0 saturated heterocycles. The van der Waals surface area contributed by atoms with Gasteiger partial charge in [-0.15, -0.1) is 0 Å². The highest BCUT2D eigenvalue weighted by molar-refractivity contribution is 6.34. The minimum absolute atomic E-state index is 0.0516. The first kappa shape index (κ1) is 13.2. The molecule has 0 atom stereocenters. The fraction of sp³-hybridized carbons (Fsp3) is 0.214. The summed E-state index contributed by atoms with van der Waals surface area (Å²) in [6.45, 7) is 2.46. The Labute approximate surface area is 116 Å². The van der Waals surface area contributed by atoms with Crippen LogP contribution in [-0.2, 0) is 13.0 Å². The summed E-state index contributed by atoms with van der Waals surface area (Å²) in [4.78, 5) is 11.6. The second-order valence-corrected chi connectivity index (χ2v) is 4.87. The lowest BCUT2D eigenvalue weighted by Gasteiger charge is -2.10. The van der Waals surface area contributed by atoms with Gasteiger partial charge in [0.2, 0.25) is 0 Å². The van der Waals surface area contributed by atoms with Crippen molar-refractivity contribution in [1.82, 2.24) is 4.57 Å². The van der Waals surface area contributed by atoms with Crippen LogP contribution >= 0.6 is 23.2 Å². The fourth-order valence-electron chi connectivity index (χ4n) is 1.80. The van der Waals surface area contributed by atoms with E-state index < -0.39 is 0 Å². The molecule has 0 N–H and O–H groups in total. The molecular formula is C14H13Cl2NO. The van der Waals surface area contributed by atoms with E-state index >= 15 is 0 Å². The molecule has 1 aromatic carbocycles. The van der Waals surface area contributed by atoms with Crippen LogP contribution in [0.15, 0.2) is 41.3 Å². The minimum Gasteiger partial charge on any atom is -0.311 e. The van der Waals surface area contributed by atoms with E-state index in [2.05, 4.69) is 0 Å². The van der Waals surface area contributed by atoms with Gasteiger partial charge in [0.15, 0.2) is 0 Å². The summed E-state index contributed by atoms with van der Waals surface area (Å²) in [6, 6.07) is 8.76. The molecule has 94 valence electrons. The Bertz CT molecular complexity index is 619. The maximum atomic E-state index is 11.6. The molecule has 0 aliphatic heterocycles. The molecule has 0 radical (unpaired) electrons. The molecule has 2 nitrogen and oxygen atoms in total. The molecule has 0 aliphatic carbocycles. The van der Waals surface area contributed by atoms with Gasteiger partial charge in [-0.25, -0.2) is 0 Å². The largest absolute Gasteiger partial charge is 0.311 e. The van der Waals surface area contributed by atoms with Crippen molar-refractivity contribution in [3.63, 3.8) is 0 Å². The smallest absolute Gasteiger partial charge is 0.250 e. The third-order valence-corrected chi connectivity index (χ3v) is 3.54. The second kappa shape index (κ2) is 5.59. The van der Waals surface area contributed by atoms with Crippen molar-refractivity contribution in [2.45, 2.75) is 19.9 Å². The minimum atomic E-state index is -0.0516.